The molecule has 0 saturated heterocycles. The van der Waals surface area contributed by atoms with Crippen molar-refractivity contribution in [1.29, 1.82) is 0 Å². The Morgan fingerprint density at radius 3 is 2.65 bits per heavy atom. The molecule has 1 amide bonds. The molecule has 0 radical (unpaired) electrons. The first-order valence-electron chi connectivity index (χ1n) is 5.45. The van der Waals surface area contributed by atoms with Crippen LogP contribution in [0.15, 0.2) is 29.3 Å². The van der Waals surface area contributed by atoms with E-state index in [1.807, 2.05) is 24.3 Å². The quantitative estimate of drug-likeness (QED) is 0.841. The second-order valence-corrected chi connectivity index (χ2v) is 3.79. The molecule has 0 fully saturated rings. The summed E-state index contributed by atoms with van der Waals surface area (Å²) < 4.78 is 5.25. The molecule has 0 bridgehead atoms. The standard InChI is InChI=1S/C12H15N3O2/c1-9(16)15(2)11-5-3-10(4-6-11)14-12-13-7-8-17-12/h3-6H,7-8H2,1-2H3,(H,13,14). The molecular formula is C12H15N3O2. The molecule has 1 aliphatic heterocycles. The van der Waals surface area contributed by atoms with Crippen LogP contribution in [0.4, 0.5) is 11.4 Å². The molecule has 0 saturated carbocycles. The van der Waals surface area contributed by atoms with Crippen molar-refractivity contribution in [3.05, 3.63) is 24.3 Å². The zero-order chi connectivity index (χ0) is 12.3. The highest BCUT2D eigenvalue weighted by molar-refractivity contribution is 5.92. The first-order chi connectivity index (χ1) is 8.16. The van der Waals surface area contributed by atoms with Gasteiger partial charge >= 0.3 is 0 Å². The molecule has 1 aromatic rings. The van der Waals surface area contributed by atoms with E-state index in [2.05, 4.69) is 10.3 Å². The van der Waals surface area contributed by atoms with Gasteiger partial charge in [-0.3, -0.25) is 4.79 Å². The third kappa shape index (κ3) is 2.75. The lowest BCUT2D eigenvalue weighted by atomic mass is 10.2. The number of aliphatic imine (C=N–C) groups is 1. The Hall–Kier alpha value is -2.04. The molecule has 1 aliphatic rings. The highest BCUT2D eigenvalue weighted by Crippen LogP contribution is 2.17. The van der Waals surface area contributed by atoms with E-state index in [9.17, 15) is 4.79 Å². The van der Waals surface area contributed by atoms with E-state index >= 15 is 0 Å². The van der Waals surface area contributed by atoms with Crippen molar-refractivity contribution in [1.82, 2.24) is 0 Å². The lowest BCUT2D eigenvalue weighted by molar-refractivity contribution is -0.116. The molecule has 17 heavy (non-hydrogen) atoms. The normalized spacial score (nSPS) is 13.9. The Kier molecular flexibility index (Phi) is 3.27. The van der Waals surface area contributed by atoms with Crippen LogP contribution in [0.3, 0.4) is 0 Å². The van der Waals surface area contributed by atoms with Gasteiger partial charge in [0.05, 0.1) is 6.54 Å². The van der Waals surface area contributed by atoms with Crippen molar-refractivity contribution in [3.8, 4) is 0 Å². The van der Waals surface area contributed by atoms with E-state index in [1.165, 1.54) is 6.92 Å². The van der Waals surface area contributed by atoms with Crippen molar-refractivity contribution >= 4 is 23.3 Å². The van der Waals surface area contributed by atoms with Gasteiger partial charge < -0.3 is 15.0 Å². The van der Waals surface area contributed by atoms with Crippen LogP contribution >= 0.6 is 0 Å². The van der Waals surface area contributed by atoms with Crippen molar-refractivity contribution in [2.24, 2.45) is 4.99 Å². The first kappa shape index (κ1) is 11.4. The first-order valence-corrected chi connectivity index (χ1v) is 5.45. The minimum absolute atomic E-state index is 0.00853. The van der Waals surface area contributed by atoms with Crippen LogP contribution in [0.1, 0.15) is 6.92 Å². The van der Waals surface area contributed by atoms with Gasteiger partial charge in [-0.1, -0.05) is 0 Å². The third-order valence-electron chi connectivity index (χ3n) is 2.56. The highest BCUT2D eigenvalue weighted by atomic mass is 16.5. The maximum Gasteiger partial charge on any atom is 0.289 e. The van der Waals surface area contributed by atoms with Crippen molar-refractivity contribution in [3.63, 3.8) is 0 Å². The lowest BCUT2D eigenvalue weighted by Crippen LogP contribution is -2.22. The molecular weight excluding hydrogens is 218 g/mol. The second-order valence-electron chi connectivity index (χ2n) is 3.79. The number of anilines is 2. The number of nitrogens with zero attached hydrogens (tertiary/aromatic N) is 2. The molecule has 1 heterocycles. The Bertz CT molecular complexity index is 440. The maximum atomic E-state index is 11.2. The molecule has 0 aliphatic carbocycles. The zero-order valence-corrected chi connectivity index (χ0v) is 9.93. The Morgan fingerprint density at radius 2 is 2.12 bits per heavy atom. The molecule has 0 spiro atoms. The van der Waals surface area contributed by atoms with Crippen LogP contribution in [-0.2, 0) is 9.53 Å². The van der Waals surface area contributed by atoms with Crippen LogP contribution < -0.4 is 10.2 Å². The van der Waals surface area contributed by atoms with Crippen molar-refractivity contribution in [2.75, 3.05) is 30.4 Å². The van der Waals surface area contributed by atoms with Gasteiger partial charge in [-0.05, 0) is 24.3 Å². The number of hydrogen-bond donors (Lipinski definition) is 1. The molecule has 90 valence electrons. The Balaban J connectivity index is 2.04. The van der Waals surface area contributed by atoms with Crippen LogP contribution in [0, 0.1) is 0 Å². The van der Waals surface area contributed by atoms with E-state index in [-0.39, 0.29) is 5.91 Å². The van der Waals surface area contributed by atoms with Crippen LogP contribution in [0.25, 0.3) is 0 Å². The fourth-order valence-electron chi connectivity index (χ4n) is 1.48. The largest absolute Gasteiger partial charge is 0.463 e. The predicted octanol–water partition coefficient (Wildman–Crippen LogP) is 1.47. The number of benzene rings is 1. The maximum absolute atomic E-state index is 11.2. The summed E-state index contributed by atoms with van der Waals surface area (Å²) in [6.07, 6.45) is 0. The molecule has 1 N–H and O–H groups in total. The number of amides is 1. The smallest absolute Gasteiger partial charge is 0.289 e. The molecule has 0 atom stereocenters. The van der Waals surface area contributed by atoms with Gasteiger partial charge in [0.15, 0.2) is 0 Å². The Labute approximate surface area is 100 Å². The number of amidine groups is 1. The van der Waals surface area contributed by atoms with E-state index < -0.39 is 0 Å². The summed E-state index contributed by atoms with van der Waals surface area (Å²) in [6, 6.07) is 8.08. The van der Waals surface area contributed by atoms with Crippen molar-refractivity contribution in [2.45, 2.75) is 6.92 Å². The third-order valence-corrected chi connectivity index (χ3v) is 2.56. The molecule has 2 rings (SSSR count). The lowest BCUT2D eigenvalue weighted by Gasteiger charge is -2.15. The zero-order valence-electron chi connectivity index (χ0n) is 9.93. The number of ether oxygens (including phenoxy) is 1. The number of nitrogens with one attached hydrogen (secondary N) is 1. The minimum atomic E-state index is 0.00853. The number of hydrogen-bond acceptors (Lipinski definition) is 4. The van der Waals surface area contributed by atoms with Gasteiger partial charge in [0.2, 0.25) is 5.91 Å². The summed E-state index contributed by atoms with van der Waals surface area (Å²) in [5.74, 6) is 0.00853. The topological polar surface area (TPSA) is 53.9 Å². The summed E-state index contributed by atoms with van der Waals surface area (Å²) in [7, 11) is 1.74. The van der Waals surface area contributed by atoms with Gasteiger partial charge in [-0.15, -0.1) is 0 Å². The number of rotatable bonds is 2. The summed E-state index contributed by atoms with van der Waals surface area (Å²) >= 11 is 0. The predicted molar refractivity (Wildman–Crippen MR) is 67.4 cm³/mol. The average Bonchev–Trinajstić information content (AvgIpc) is 2.82. The van der Waals surface area contributed by atoms with E-state index in [1.54, 1.807) is 11.9 Å². The fraction of sp³-hybridized carbons (Fsp3) is 0.333. The summed E-state index contributed by atoms with van der Waals surface area (Å²) in [6.45, 7) is 2.87. The number of carbonyl (C=O) groups is 1. The second kappa shape index (κ2) is 4.86. The van der Waals surface area contributed by atoms with Gasteiger partial charge in [0.25, 0.3) is 6.02 Å². The molecule has 0 aromatic heterocycles. The SMILES string of the molecule is CC(=O)N(C)c1ccc(NC2=NCCO2)cc1. The molecule has 5 nitrogen and oxygen atoms in total. The minimum Gasteiger partial charge on any atom is -0.463 e. The molecule has 5 heteroatoms. The van der Waals surface area contributed by atoms with Gasteiger partial charge in [-0.25, -0.2) is 4.99 Å². The average molecular weight is 233 g/mol. The highest BCUT2D eigenvalue weighted by Gasteiger charge is 2.08. The summed E-state index contributed by atoms with van der Waals surface area (Å²) in [5, 5.41) is 3.06. The van der Waals surface area contributed by atoms with E-state index in [0.717, 1.165) is 11.4 Å². The number of carbonyl (C=O) groups excluding carboxylic acids is 1. The van der Waals surface area contributed by atoms with E-state index in [4.69, 9.17) is 4.74 Å². The molecule has 1 aromatic carbocycles. The van der Waals surface area contributed by atoms with Crippen LogP contribution in [0.5, 0.6) is 0 Å². The fourth-order valence-corrected chi connectivity index (χ4v) is 1.48. The summed E-state index contributed by atoms with van der Waals surface area (Å²) in [4.78, 5) is 16.9. The van der Waals surface area contributed by atoms with Gasteiger partial charge in [-0.2, -0.15) is 0 Å². The van der Waals surface area contributed by atoms with Crippen LogP contribution in [-0.4, -0.2) is 32.1 Å². The summed E-state index contributed by atoms with van der Waals surface area (Å²) in [5.41, 5.74) is 1.75. The van der Waals surface area contributed by atoms with Crippen molar-refractivity contribution < 1.29 is 9.53 Å². The van der Waals surface area contributed by atoms with Crippen LogP contribution in [0.2, 0.25) is 0 Å². The van der Waals surface area contributed by atoms with Gasteiger partial charge in [0, 0.05) is 25.3 Å². The monoisotopic (exact) mass is 233 g/mol. The molecule has 0 unspecified atom stereocenters. The Morgan fingerprint density at radius 1 is 1.41 bits per heavy atom. The van der Waals surface area contributed by atoms with E-state index in [0.29, 0.717) is 19.2 Å². The van der Waals surface area contributed by atoms with Gasteiger partial charge in [0.1, 0.15) is 6.61 Å².